The van der Waals surface area contributed by atoms with E-state index < -0.39 is 0 Å². The highest BCUT2D eigenvalue weighted by Gasteiger charge is 2.19. The number of benzene rings is 1. The molecular weight excluding hydrogens is 244 g/mol. The Morgan fingerprint density at radius 1 is 1.33 bits per heavy atom. The summed E-state index contributed by atoms with van der Waals surface area (Å²) in [5, 5.41) is 0.807. The first-order valence-electron chi connectivity index (χ1n) is 6.55. The Kier molecular flexibility index (Phi) is 5.64. The zero-order chi connectivity index (χ0) is 13.8. The first kappa shape index (κ1) is 15.5. The summed E-state index contributed by atoms with van der Waals surface area (Å²) in [6, 6.07) is 6.11. The van der Waals surface area contributed by atoms with E-state index in [4.69, 9.17) is 17.3 Å². The lowest BCUT2D eigenvalue weighted by molar-refractivity contribution is 0.183. The summed E-state index contributed by atoms with van der Waals surface area (Å²) in [4.78, 5) is 2.43. The molecule has 0 atom stereocenters. The van der Waals surface area contributed by atoms with Crippen LogP contribution in [0.2, 0.25) is 5.02 Å². The smallest absolute Gasteiger partial charge is 0.0408 e. The van der Waals surface area contributed by atoms with Crippen LogP contribution in [0.3, 0.4) is 0 Å². The second kappa shape index (κ2) is 6.55. The third-order valence-corrected chi connectivity index (χ3v) is 3.59. The molecule has 2 N–H and O–H groups in total. The van der Waals surface area contributed by atoms with Crippen LogP contribution in [0.15, 0.2) is 18.2 Å². The van der Waals surface area contributed by atoms with E-state index in [-0.39, 0.29) is 5.41 Å². The van der Waals surface area contributed by atoms with Gasteiger partial charge in [-0.15, -0.1) is 0 Å². The van der Waals surface area contributed by atoms with Crippen molar-refractivity contribution in [3.05, 3.63) is 34.3 Å². The van der Waals surface area contributed by atoms with Gasteiger partial charge in [-0.25, -0.2) is 0 Å². The predicted octanol–water partition coefficient (Wildman–Crippen LogP) is 3.46. The Morgan fingerprint density at radius 2 is 2.00 bits per heavy atom. The molecule has 3 heteroatoms. The van der Waals surface area contributed by atoms with Gasteiger partial charge >= 0.3 is 0 Å². The highest BCUT2D eigenvalue weighted by Crippen LogP contribution is 2.20. The van der Waals surface area contributed by atoms with Crippen LogP contribution in [-0.2, 0) is 6.54 Å². The first-order chi connectivity index (χ1) is 8.38. The molecule has 0 fully saturated rings. The molecule has 0 heterocycles. The Hall–Kier alpha value is -0.570. The Morgan fingerprint density at radius 3 is 2.50 bits per heavy atom. The summed E-state index contributed by atoms with van der Waals surface area (Å²) < 4.78 is 0. The summed E-state index contributed by atoms with van der Waals surface area (Å²) in [5.41, 5.74) is 8.57. The van der Waals surface area contributed by atoms with Crippen molar-refractivity contribution in [1.29, 1.82) is 0 Å². The maximum Gasteiger partial charge on any atom is 0.0408 e. The van der Waals surface area contributed by atoms with Gasteiger partial charge in [0.25, 0.3) is 0 Å². The Bertz CT molecular complexity index is 388. The summed E-state index contributed by atoms with van der Waals surface area (Å²) in [7, 11) is 0. The second-order valence-corrected chi connectivity index (χ2v) is 6.18. The van der Waals surface area contributed by atoms with Crippen molar-refractivity contribution in [2.75, 3.05) is 19.6 Å². The van der Waals surface area contributed by atoms with Crippen LogP contribution in [0, 0.1) is 12.3 Å². The SMILES string of the molecule is CCN(Cc1ccc(Cl)cc1C)CC(C)(C)CN. The van der Waals surface area contributed by atoms with E-state index in [9.17, 15) is 0 Å². The minimum atomic E-state index is 0.163. The number of aryl methyl sites for hydroxylation is 1. The Labute approximate surface area is 116 Å². The molecule has 18 heavy (non-hydrogen) atoms. The number of nitrogens with zero attached hydrogens (tertiary/aromatic N) is 1. The van der Waals surface area contributed by atoms with Crippen molar-refractivity contribution in [3.8, 4) is 0 Å². The molecule has 0 aliphatic rings. The molecule has 1 rings (SSSR count). The van der Waals surface area contributed by atoms with Gasteiger partial charge in [-0.2, -0.15) is 0 Å². The maximum absolute atomic E-state index is 5.99. The van der Waals surface area contributed by atoms with Crippen LogP contribution < -0.4 is 5.73 Å². The minimum absolute atomic E-state index is 0.163. The van der Waals surface area contributed by atoms with Crippen molar-refractivity contribution in [1.82, 2.24) is 4.90 Å². The van der Waals surface area contributed by atoms with Crippen molar-refractivity contribution in [3.63, 3.8) is 0 Å². The molecule has 1 aromatic carbocycles. The van der Waals surface area contributed by atoms with E-state index in [0.717, 1.165) is 24.7 Å². The molecule has 0 amide bonds. The zero-order valence-electron chi connectivity index (χ0n) is 12.0. The molecule has 2 nitrogen and oxygen atoms in total. The van der Waals surface area contributed by atoms with Crippen LogP contribution in [0.4, 0.5) is 0 Å². The lowest BCUT2D eigenvalue weighted by atomic mass is 9.93. The van der Waals surface area contributed by atoms with E-state index >= 15 is 0 Å². The van der Waals surface area contributed by atoms with Gasteiger partial charge in [-0.3, -0.25) is 4.90 Å². The molecule has 102 valence electrons. The molecular formula is C15H25ClN2. The van der Waals surface area contributed by atoms with E-state index in [1.165, 1.54) is 11.1 Å². The average Bonchev–Trinajstić information content (AvgIpc) is 2.31. The van der Waals surface area contributed by atoms with Gasteiger partial charge < -0.3 is 5.73 Å². The molecule has 0 spiro atoms. The summed E-state index contributed by atoms with van der Waals surface area (Å²) in [5.74, 6) is 0. The van der Waals surface area contributed by atoms with E-state index in [1.54, 1.807) is 0 Å². The van der Waals surface area contributed by atoms with Gasteiger partial charge in [-0.05, 0) is 48.7 Å². The highest BCUT2D eigenvalue weighted by molar-refractivity contribution is 6.30. The van der Waals surface area contributed by atoms with Crippen LogP contribution in [0.5, 0.6) is 0 Å². The van der Waals surface area contributed by atoms with Gasteiger partial charge in [0.15, 0.2) is 0 Å². The molecule has 0 aliphatic heterocycles. The van der Waals surface area contributed by atoms with E-state index in [2.05, 4.69) is 38.7 Å². The molecule has 0 aliphatic carbocycles. The van der Waals surface area contributed by atoms with Crippen LogP contribution in [0.1, 0.15) is 31.9 Å². The third kappa shape index (κ3) is 4.60. The fourth-order valence-corrected chi connectivity index (χ4v) is 2.25. The van der Waals surface area contributed by atoms with E-state index in [1.807, 2.05) is 12.1 Å². The van der Waals surface area contributed by atoms with Gasteiger partial charge in [0.1, 0.15) is 0 Å². The standard InChI is InChI=1S/C15H25ClN2/c1-5-18(11-15(3,4)10-17)9-13-6-7-14(16)8-12(13)2/h6-8H,5,9-11,17H2,1-4H3. The summed E-state index contributed by atoms with van der Waals surface area (Å²) >= 11 is 5.99. The van der Waals surface area contributed by atoms with Crippen molar-refractivity contribution in [2.45, 2.75) is 34.2 Å². The number of nitrogens with two attached hydrogens (primary N) is 1. The average molecular weight is 269 g/mol. The monoisotopic (exact) mass is 268 g/mol. The Balaban J connectivity index is 2.74. The first-order valence-corrected chi connectivity index (χ1v) is 6.93. The van der Waals surface area contributed by atoms with Crippen LogP contribution in [-0.4, -0.2) is 24.5 Å². The summed E-state index contributed by atoms with van der Waals surface area (Å²) in [6.07, 6.45) is 0. The van der Waals surface area contributed by atoms with E-state index in [0.29, 0.717) is 6.54 Å². The number of hydrogen-bond acceptors (Lipinski definition) is 2. The van der Waals surface area contributed by atoms with Crippen LogP contribution >= 0.6 is 11.6 Å². The second-order valence-electron chi connectivity index (χ2n) is 5.74. The predicted molar refractivity (Wildman–Crippen MR) is 80.0 cm³/mol. The number of halogens is 1. The molecule has 0 bridgehead atoms. The fraction of sp³-hybridized carbons (Fsp3) is 0.600. The highest BCUT2D eigenvalue weighted by atomic mass is 35.5. The maximum atomic E-state index is 5.99. The van der Waals surface area contributed by atoms with Gasteiger partial charge in [-0.1, -0.05) is 38.4 Å². The van der Waals surface area contributed by atoms with Crippen LogP contribution in [0.25, 0.3) is 0 Å². The van der Waals surface area contributed by atoms with Gasteiger partial charge in [0, 0.05) is 18.1 Å². The molecule has 0 saturated carbocycles. The zero-order valence-corrected chi connectivity index (χ0v) is 12.7. The van der Waals surface area contributed by atoms with Crippen molar-refractivity contribution < 1.29 is 0 Å². The molecule has 0 radical (unpaired) electrons. The summed E-state index contributed by atoms with van der Waals surface area (Å²) in [6.45, 7) is 12.5. The van der Waals surface area contributed by atoms with Crippen molar-refractivity contribution >= 4 is 11.6 Å². The number of hydrogen-bond donors (Lipinski definition) is 1. The quantitative estimate of drug-likeness (QED) is 0.856. The fourth-order valence-electron chi connectivity index (χ4n) is 2.03. The van der Waals surface area contributed by atoms with Gasteiger partial charge in [0.05, 0.1) is 0 Å². The van der Waals surface area contributed by atoms with Crippen molar-refractivity contribution in [2.24, 2.45) is 11.1 Å². The normalized spacial score (nSPS) is 12.2. The lowest BCUT2D eigenvalue weighted by Crippen LogP contribution is -2.38. The molecule has 1 aromatic rings. The third-order valence-electron chi connectivity index (χ3n) is 3.35. The largest absolute Gasteiger partial charge is 0.330 e. The van der Waals surface area contributed by atoms with Gasteiger partial charge in [0.2, 0.25) is 0 Å². The number of rotatable bonds is 6. The molecule has 0 aromatic heterocycles. The molecule has 0 unspecified atom stereocenters. The topological polar surface area (TPSA) is 29.3 Å². The molecule has 0 saturated heterocycles. The minimum Gasteiger partial charge on any atom is -0.330 e. The lowest BCUT2D eigenvalue weighted by Gasteiger charge is -2.31.